The molecule has 3 nitrogen and oxygen atoms in total. The number of aliphatic hydroxyl groups is 1. The molecule has 1 aromatic heterocycles. The first-order chi connectivity index (χ1) is 5.49. The van der Waals surface area contributed by atoms with E-state index in [2.05, 4.69) is 4.98 Å². The Bertz CT molecular complexity index is 223. The summed E-state index contributed by atoms with van der Waals surface area (Å²) in [6.07, 6.45) is 1.87. The third-order valence-electron chi connectivity index (χ3n) is 1.62. The average molecular weight is 168 g/mol. The van der Waals surface area contributed by atoms with Gasteiger partial charge in [-0.15, -0.1) is 0 Å². The first-order valence-corrected chi connectivity index (χ1v) is 4.06. The number of likely N-dealkylation sites (N-methyl/N-ethyl adjacent to an activating group) is 1. The maximum absolute atomic E-state index is 9.53. The van der Waals surface area contributed by atoms with Gasteiger partial charge in [-0.2, -0.15) is 0 Å². The van der Waals surface area contributed by atoms with Crippen LogP contribution in [0.4, 0.5) is 5.82 Å². The summed E-state index contributed by atoms with van der Waals surface area (Å²) >= 11 is 0. The predicted octanol–water partition coefficient (Wildman–Crippen LogP) is 1.22. The van der Waals surface area contributed by atoms with Gasteiger partial charge in [0.15, 0.2) is 0 Å². The van der Waals surface area contributed by atoms with Gasteiger partial charge in [0.05, 0.1) is 5.60 Å². The normalized spacial score (nSPS) is 11.7. The van der Waals surface area contributed by atoms with E-state index in [4.69, 9.17) is 0 Å². The molecule has 12 heavy (non-hydrogen) atoms. The van der Waals surface area contributed by atoms with Crippen molar-refractivity contribution in [3.05, 3.63) is 18.3 Å². The predicted molar refractivity (Wildman–Crippen MR) is 50.4 cm³/mol. The number of hydrogen-bond donors (Lipinski definition) is 2. The Labute approximate surface area is 73.0 Å². The molecule has 0 fully saturated rings. The smallest absolute Gasteiger partial charge is 0.105 e. The molecule has 3 heteroatoms. The molecule has 0 aromatic carbocycles. The first kappa shape index (κ1) is 9.13. The van der Waals surface area contributed by atoms with Gasteiger partial charge in [-0.05, 0) is 26.0 Å². The minimum atomic E-state index is -0.653. The molecule has 0 radical (unpaired) electrons. The van der Waals surface area contributed by atoms with E-state index >= 15 is 0 Å². The van der Waals surface area contributed by atoms with E-state index < -0.39 is 5.60 Å². The van der Waals surface area contributed by atoms with E-state index in [0.717, 1.165) is 5.82 Å². The van der Waals surface area contributed by atoms with Gasteiger partial charge in [-0.3, -0.25) is 0 Å². The Balaban J connectivity index is 2.56. The maximum Gasteiger partial charge on any atom is 0.105 e. The molecular weight excluding hydrogens is 152 g/mol. The lowest BCUT2D eigenvalue weighted by molar-refractivity contribution is 0.0885. The van der Waals surface area contributed by atoms with Crippen molar-refractivity contribution < 1.29 is 5.11 Å². The van der Waals surface area contributed by atoms with Crippen molar-refractivity contribution in [2.45, 2.75) is 19.4 Å². The number of aromatic amines is 1. The summed E-state index contributed by atoms with van der Waals surface area (Å²) in [5.41, 5.74) is -0.653. The van der Waals surface area contributed by atoms with Crippen molar-refractivity contribution in [1.29, 1.82) is 0 Å². The van der Waals surface area contributed by atoms with E-state index in [0.29, 0.717) is 6.54 Å². The molecule has 1 aromatic rings. The van der Waals surface area contributed by atoms with E-state index in [1.165, 1.54) is 0 Å². The average Bonchev–Trinajstić information content (AvgIpc) is 2.32. The van der Waals surface area contributed by atoms with Gasteiger partial charge in [0.25, 0.3) is 0 Å². The monoisotopic (exact) mass is 168 g/mol. The van der Waals surface area contributed by atoms with Gasteiger partial charge in [0.2, 0.25) is 0 Å². The molecule has 0 amide bonds. The second-order valence-corrected chi connectivity index (χ2v) is 3.72. The molecule has 0 saturated carbocycles. The Hall–Kier alpha value is -0.960. The molecule has 0 atom stereocenters. The van der Waals surface area contributed by atoms with Crippen LogP contribution in [0.2, 0.25) is 0 Å². The minimum absolute atomic E-state index is 0.619. The molecule has 0 aliphatic heterocycles. The van der Waals surface area contributed by atoms with Crippen LogP contribution in [0.25, 0.3) is 0 Å². The molecule has 0 bridgehead atoms. The van der Waals surface area contributed by atoms with Crippen LogP contribution in [0.5, 0.6) is 0 Å². The maximum atomic E-state index is 9.53. The number of aromatic nitrogens is 1. The zero-order chi connectivity index (χ0) is 9.19. The highest BCUT2D eigenvalue weighted by molar-refractivity contribution is 5.37. The Morgan fingerprint density at radius 3 is 2.67 bits per heavy atom. The summed E-state index contributed by atoms with van der Waals surface area (Å²) in [6, 6.07) is 3.92. The fourth-order valence-electron chi connectivity index (χ4n) is 1.22. The largest absolute Gasteiger partial charge is 0.389 e. The van der Waals surface area contributed by atoms with Crippen LogP contribution < -0.4 is 4.90 Å². The first-order valence-electron chi connectivity index (χ1n) is 4.06. The lowest BCUT2D eigenvalue weighted by Crippen LogP contribution is -2.36. The number of anilines is 1. The zero-order valence-electron chi connectivity index (χ0n) is 7.83. The molecule has 0 aliphatic carbocycles. The minimum Gasteiger partial charge on any atom is -0.389 e. The lowest BCUT2D eigenvalue weighted by atomic mass is 10.1. The van der Waals surface area contributed by atoms with E-state index in [-0.39, 0.29) is 0 Å². The van der Waals surface area contributed by atoms with Gasteiger partial charge in [0, 0.05) is 19.8 Å². The third-order valence-corrected chi connectivity index (χ3v) is 1.62. The summed E-state index contributed by atoms with van der Waals surface area (Å²) in [4.78, 5) is 5.06. The van der Waals surface area contributed by atoms with Crippen LogP contribution in [-0.4, -0.2) is 29.3 Å². The van der Waals surface area contributed by atoms with Crippen LogP contribution in [0.3, 0.4) is 0 Å². The lowest BCUT2D eigenvalue weighted by Gasteiger charge is -2.25. The number of H-pyrrole nitrogens is 1. The third kappa shape index (κ3) is 2.58. The molecule has 1 rings (SSSR count). The summed E-state index contributed by atoms with van der Waals surface area (Å²) in [7, 11) is 1.95. The van der Waals surface area contributed by atoms with Crippen LogP contribution >= 0.6 is 0 Å². The van der Waals surface area contributed by atoms with Gasteiger partial charge in [0.1, 0.15) is 5.82 Å². The van der Waals surface area contributed by atoms with Crippen molar-refractivity contribution in [1.82, 2.24) is 4.98 Å². The van der Waals surface area contributed by atoms with Gasteiger partial charge in [-0.25, -0.2) is 0 Å². The van der Waals surface area contributed by atoms with Crippen molar-refractivity contribution in [3.8, 4) is 0 Å². The summed E-state index contributed by atoms with van der Waals surface area (Å²) in [5, 5.41) is 9.53. The van der Waals surface area contributed by atoms with Gasteiger partial charge < -0.3 is 15.0 Å². The number of rotatable bonds is 3. The summed E-state index contributed by atoms with van der Waals surface area (Å²) < 4.78 is 0. The molecule has 0 spiro atoms. The fourth-order valence-corrected chi connectivity index (χ4v) is 1.22. The van der Waals surface area contributed by atoms with Crippen molar-refractivity contribution >= 4 is 5.82 Å². The Morgan fingerprint density at radius 2 is 2.25 bits per heavy atom. The molecule has 1 heterocycles. The highest BCUT2D eigenvalue weighted by atomic mass is 16.3. The summed E-state index contributed by atoms with van der Waals surface area (Å²) in [6.45, 7) is 4.21. The molecule has 0 unspecified atom stereocenters. The SMILES string of the molecule is CN(CC(C)(C)O)c1ccc[nH]1. The molecule has 2 N–H and O–H groups in total. The topological polar surface area (TPSA) is 39.3 Å². The molecule has 0 saturated heterocycles. The Morgan fingerprint density at radius 1 is 1.58 bits per heavy atom. The number of nitrogens with one attached hydrogen (secondary N) is 1. The second-order valence-electron chi connectivity index (χ2n) is 3.72. The van der Waals surface area contributed by atoms with E-state index in [9.17, 15) is 5.11 Å². The zero-order valence-corrected chi connectivity index (χ0v) is 7.83. The van der Waals surface area contributed by atoms with E-state index in [1.54, 1.807) is 13.8 Å². The van der Waals surface area contributed by atoms with Crippen molar-refractivity contribution in [2.24, 2.45) is 0 Å². The Kier molecular flexibility index (Phi) is 2.43. The highest BCUT2D eigenvalue weighted by Crippen LogP contribution is 2.11. The molecule has 68 valence electrons. The summed E-state index contributed by atoms with van der Waals surface area (Å²) in [5.74, 6) is 1.03. The van der Waals surface area contributed by atoms with Crippen molar-refractivity contribution in [3.63, 3.8) is 0 Å². The highest BCUT2D eigenvalue weighted by Gasteiger charge is 2.15. The van der Waals surface area contributed by atoms with Crippen LogP contribution in [0, 0.1) is 0 Å². The van der Waals surface area contributed by atoms with E-state index in [1.807, 2.05) is 30.3 Å². The standard InChI is InChI=1S/C9H16N2O/c1-9(2,12)7-11(3)8-5-4-6-10-8/h4-6,10,12H,7H2,1-3H3. The van der Waals surface area contributed by atoms with Crippen LogP contribution in [-0.2, 0) is 0 Å². The van der Waals surface area contributed by atoms with Crippen LogP contribution in [0.15, 0.2) is 18.3 Å². The van der Waals surface area contributed by atoms with Crippen molar-refractivity contribution in [2.75, 3.05) is 18.5 Å². The van der Waals surface area contributed by atoms with Gasteiger partial charge >= 0.3 is 0 Å². The quantitative estimate of drug-likeness (QED) is 0.712. The fraction of sp³-hybridized carbons (Fsp3) is 0.556. The molecule has 0 aliphatic rings. The number of nitrogens with zero attached hydrogens (tertiary/aromatic N) is 1. The van der Waals surface area contributed by atoms with Crippen LogP contribution in [0.1, 0.15) is 13.8 Å². The van der Waals surface area contributed by atoms with Gasteiger partial charge in [-0.1, -0.05) is 0 Å². The molecular formula is C9H16N2O. The second kappa shape index (κ2) is 3.19. The number of hydrogen-bond acceptors (Lipinski definition) is 2.